The Kier molecular flexibility index (Phi) is 3.39. The third-order valence-corrected chi connectivity index (χ3v) is 3.08. The molecule has 3 rings (SSSR count). The number of fused-ring (bicyclic) bond motifs is 1. The van der Waals surface area contributed by atoms with E-state index in [9.17, 15) is 9.90 Å². The van der Waals surface area contributed by atoms with Crippen molar-refractivity contribution in [2.45, 2.75) is 0 Å². The molecule has 1 heterocycles. The number of hydrogen-bond donors (Lipinski definition) is 3. The molecule has 104 valence electrons. The first-order valence-corrected chi connectivity index (χ1v) is 6.42. The minimum Gasteiger partial charge on any atom is -0.508 e. The van der Waals surface area contributed by atoms with Crippen LogP contribution in [0.3, 0.4) is 0 Å². The lowest BCUT2D eigenvalue weighted by Gasteiger charge is -1.98. The minimum atomic E-state index is -0.288. The zero-order valence-electron chi connectivity index (χ0n) is 11.1. The topological polar surface area (TPSA) is 77.5 Å². The Hall–Kier alpha value is -3.08. The number of hydrazone groups is 1. The van der Waals surface area contributed by atoms with Crippen molar-refractivity contribution in [2.75, 3.05) is 0 Å². The number of nitrogens with zero attached hydrogens (tertiary/aromatic N) is 1. The molecule has 0 fully saturated rings. The largest absolute Gasteiger partial charge is 0.508 e. The quantitative estimate of drug-likeness (QED) is 0.509. The van der Waals surface area contributed by atoms with Gasteiger partial charge in [0.05, 0.1) is 11.8 Å². The molecule has 0 bridgehead atoms. The number of rotatable bonds is 3. The van der Waals surface area contributed by atoms with Crippen LogP contribution in [0.2, 0.25) is 0 Å². The van der Waals surface area contributed by atoms with Crippen molar-refractivity contribution in [1.82, 2.24) is 10.4 Å². The highest BCUT2D eigenvalue weighted by molar-refractivity contribution is 6.06. The molecule has 0 aliphatic carbocycles. The molecule has 0 unspecified atom stereocenters. The number of aromatic hydroxyl groups is 1. The SMILES string of the molecule is O=C(N/N=C/c1cccc(O)c1)c1c[nH]c2ccccc12. The molecule has 3 N–H and O–H groups in total. The fraction of sp³-hybridized carbons (Fsp3) is 0. The van der Waals surface area contributed by atoms with Crippen LogP contribution in [-0.4, -0.2) is 22.2 Å². The molecule has 2 aromatic carbocycles. The van der Waals surface area contributed by atoms with Gasteiger partial charge in [-0.1, -0.05) is 30.3 Å². The predicted octanol–water partition coefficient (Wildman–Crippen LogP) is 2.64. The third kappa shape index (κ3) is 2.76. The summed E-state index contributed by atoms with van der Waals surface area (Å²) in [7, 11) is 0. The first-order chi connectivity index (χ1) is 10.2. The van der Waals surface area contributed by atoms with E-state index in [4.69, 9.17) is 0 Å². The molecule has 0 radical (unpaired) electrons. The predicted molar refractivity (Wildman–Crippen MR) is 81.5 cm³/mol. The zero-order chi connectivity index (χ0) is 14.7. The number of aromatic nitrogens is 1. The van der Waals surface area contributed by atoms with E-state index in [2.05, 4.69) is 15.5 Å². The van der Waals surface area contributed by atoms with Gasteiger partial charge in [-0.25, -0.2) is 5.43 Å². The summed E-state index contributed by atoms with van der Waals surface area (Å²) >= 11 is 0. The van der Waals surface area contributed by atoms with Gasteiger partial charge in [-0.15, -0.1) is 0 Å². The molecule has 0 atom stereocenters. The van der Waals surface area contributed by atoms with E-state index in [0.717, 1.165) is 10.9 Å². The van der Waals surface area contributed by atoms with Crippen molar-refractivity contribution in [3.63, 3.8) is 0 Å². The van der Waals surface area contributed by atoms with Crippen LogP contribution in [-0.2, 0) is 0 Å². The van der Waals surface area contributed by atoms with Crippen LogP contribution in [0.1, 0.15) is 15.9 Å². The molecule has 0 saturated heterocycles. The smallest absolute Gasteiger partial charge is 0.273 e. The lowest BCUT2D eigenvalue weighted by atomic mass is 10.2. The summed E-state index contributed by atoms with van der Waals surface area (Å²) in [5, 5.41) is 14.1. The molecule has 0 saturated carbocycles. The number of hydrogen-bond acceptors (Lipinski definition) is 3. The Labute approximate surface area is 120 Å². The maximum atomic E-state index is 12.1. The minimum absolute atomic E-state index is 0.155. The summed E-state index contributed by atoms with van der Waals surface area (Å²) in [6.45, 7) is 0. The van der Waals surface area contributed by atoms with Crippen LogP contribution in [0.15, 0.2) is 59.8 Å². The summed E-state index contributed by atoms with van der Waals surface area (Å²) in [5.41, 5.74) is 4.62. The van der Waals surface area contributed by atoms with Gasteiger partial charge in [0, 0.05) is 17.1 Å². The number of aromatic amines is 1. The zero-order valence-corrected chi connectivity index (χ0v) is 11.1. The van der Waals surface area contributed by atoms with Crippen molar-refractivity contribution in [2.24, 2.45) is 5.10 Å². The van der Waals surface area contributed by atoms with Crippen molar-refractivity contribution < 1.29 is 9.90 Å². The van der Waals surface area contributed by atoms with E-state index >= 15 is 0 Å². The number of carbonyl (C=O) groups excluding carboxylic acids is 1. The highest BCUT2D eigenvalue weighted by atomic mass is 16.3. The summed E-state index contributed by atoms with van der Waals surface area (Å²) < 4.78 is 0. The van der Waals surface area contributed by atoms with E-state index in [-0.39, 0.29) is 11.7 Å². The molecular weight excluding hydrogens is 266 g/mol. The van der Waals surface area contributed by atoms with E-state index in [0.29, 0.717) is 11.1 Å². The second-order valence-electron chi connectivity index (χ2n) is 4.54. The number of H-pyrrole nitrogens is 1. The van der Waals surface area contributed by atoms with Gasteiger partial charge in [-0.05, 0) is 23.8 Å². The Morgan fingerprint density at radius 2 is 2.05 bits per heavy atom. The van der Waals surface area contributed by atoms with Crippen molar-refractivity contribution in [1.29, 1.82) is 0 Å². The highest BCUT2D eigenvalue weighted by Gasteiger charge is 2.10. The fourth-order valence-corrected chi connectivity index (χ4v) is 2.09. The van der Waals surface area contributed by atoms with Gasteiger partial charge in [-0.2, -0.15) is 5.10 Å². The summed E-state index contributed by atoms with van der Waals surface area (Å²) in [6, 6.07) is 14.2. The van der Waals surface area contributed by atoms with Gasteiger partial charge in [0.1, 0.15) is 5.75 Å². The Balaban J connectivity index is 1.75. The van der Waals surface area contributed by atoms with Gasteiger partial charge < -0.3 is 10.1 Å². The maximum absolute atomic E-state index is 12.1. The molecule has 3 aromatic rings. The molecular formula is C16H13N3O2. The first-order valence-electron chi connectivity index (χ1n) is 6.42. The van der Waals surface area contributed by atoms with Crippen molar-refractivity contribution in [3.05, 3.63) is 65.9 Å². The van der Waals surface area contributed by atoms with Gasteiger partial charge in [-0.3, -0.25) is 4.79 Å². The summed E-state index contributed by atoms with van der Waals surface area (Å²) in [5.74, 6) is -0.134. The number of benzene rings is 2. The lowest BCUT2D eigenvalue weighted by Crippen LogP contribution is -2.17. The van der Waals surface area contributed by atoms with Gasteiger partial charge in [0.25, 0.3) is 5.91 Å². The lowest BCUT2D eigenvalue weighted by molar-refractivity contribution is 0.0957. The number of phenolic OH excluding ortho intramolecular Hbond substituents is 1. The number of carbonyl (C=O) groups is 1. The van der Waals surface area contributed by atoms with E-state index in [1.165, 1.54) is 6.21 Å². The number of amides is 1. The molecule has 1 aromatic heterocycles. The molecule has 0 aliphatic heterocycles. The molecule has 1 amide bonds. The fourth-order valence-electron chi connectivity index (χ4n) is 2.09. The van der Waals surface area contributed by atoms with Crippen LogP contribution in [0, 0.1) is 0 Å². The number of phenols is 1. The summed E-state index contributed by atoms with van der Waals surface area (Å²) in [4.78, 5) is 15.1. The standard InChI is InChI=1S/C16H13N3O2/c20-12-5-3-4-11(8-12)9-18-19-16(21)14-10-17-15-7-2-1-6-13(14)15/h1-10,17,20H,(H,19,21)/b18-9+. The van der Waals surface area contributed by atoms with E-state index < -0.39 is 0 Å². The average Bonchev–Trinajstić information content (AvgIpc) is 2.91. The Bertz CT molecular complexity index is 821. The van der Waals surface area contributed by atoms with Crippen molar-refractivity contribution >= 4 is 23.0 Å². The molecule has 5 heteroatoms. The number of para-hydroxylation sites is 1. The molecule has 0 spiro atoms. The molecule has 21 heavy (non-hydrogen) atoms. The van der Waals surface area contributed by atoms with E-state index in [1.54, 1.807) is 30.5 Å². The van der Waals surface area contributed by atoms with E-state index in [1.807, 2.05) is 24.3 Å². The Morgan fingerprint density at radius 3 is 2.90 bits per heavy atom. The Morgan fingerprint density at radius 1 is 1.19 bits per heavy atom. The number of nitrogens with one attached hydrogen (secondary N) is 2. The second kappa shape index (κ2) is 5.50. The summed E-state index contributed by atoms with van der Waals surface area (Å²) in [6.07, 6.45) is 3.14. The van der Waals surface area contributed by atoms with Gasteiger partial charge >= 0.3 is 0 Å². The monoisotopic (exact) mass is 279 g/mol. The third-order valence-electron chi connectivity index (χ3n) is 3.08. The first kappa shape index (κ1) is 12.9. The van der Waals surface area contributed by atoms with Crippen LogP contribution in [0.5, 0.6) is 5.75 Å². The average molecular weight is 279 g/mol. The second-order valence-corrected chi connectivity index (χ2v) is 4.54. The van der Waals surface area contributed by atoms with Crippen molar-refractivity contribution in [3.8, 4) is 5.75 Å². The van der Waals surface area contributed by atoms with Gasteiger partial charge in [0.15, 0.2) is 0 Å². The molecule has 0 aliphatic rings. The normalized spacial score (nSPS) is 11.0. The molecule has 5 nitrogen and oxygen atoms in total. The van der Waals surface area contributed by atoms with Gasteiger partial charge in [0.2, 0.25) is 0 Å². The highest BCUT2D eigenvalue weighted by Crippen LogP contribution is 2.17. The van der Waals surface area contributed by atoms with Crippen LogP contribution in [0.25, 0.3) is 10.9 Å². The van der Waals surface area contributed by atoms with Crippen LogP contribution in [0.4, 0.5) is 0 Å². The van der Waals surface area contributed by atoms with Crippen LogP contribution < -0.4 is 5.43 Å². The van der Waals surface area contributed by atoms with Crippen LogP contribution >= 0.6 is 0 Å². The maximum Gasteiger partial charge on any atom is 0.273 e.